The van der Waals surface area contributed by atoms with Gasteiger partial charge in [-0.05, 0) is 108 Å². The third kappa shape index (κ3) is 7.74. The minimum absolute atomic E-state index is 0.0182. The number of hydrogen-bond donors (Lipinski definition) is 3. The van der Waals surface area contributed by atoms with Crippen LogP contribution in [0.5, 0.6) is 5.75 Å². The van der Waals surface area contributed by atoms with E-state index in [4.69, 9.17) is 21.3 Å². The third-order valence-electron chi connectivity index (χ3n) is 12.7. The van der Waals surface area contributed by atoms with Gasteiger partial charge in [0.2, 0.25) is 0 Å². The van der Waals surface area contributed by atoms with Gasteiger partial charge in [0, 0.05) is 67.3 Å². The number of nitrogens with zero attached hydrogens (tertiary/aromatic N) is 6. The first-order valence-electron chi connectivity index (χ1n) is 20.8. The summed E-state index contributed by atoms with van der Waals surface area (Å²) < 4.78 is 37.7. The number of ether oxygens (including phenoxy) is 1. The molecule has 1 saturated carbocycles. The molecule has 0 unspecified atom stereocenters. The van der Waals surface area contributed by atoms with E-state index in [1.54, 1.807) is 23.1 Å². The van der Waals surface area contributed by atoms with E-state index in [0.29, 0.717) is 40.6 Å². The van der Waals surface area contributed by atoms with E-state index in [2.05, 4.69) is 61.1 Å². The Balaban J connectivity index is 0.933. The number of carbonyl (C=O) groups is 1. The Morgan fingerprint density at radius 3 is 2.61 bits per heavy atom. The van der Waals surface area contributed by atoms with Crippen LogP contribution in [0.25, 0.3) is 33.3 Å². The van der Waals surface area contributed by atoms with Crippen LogP contribution in [0, 0.1) is 16.2 Å². The molecule has 0 spiro atoms. The summed E-state index contributed by atoms with van der Waals surface area (Å²) in [7, 11) is -4.49. The molecule has 14 nitrogen and oxygen atoms in total. The van der Waals surface area contributed by atoms with E-state index in [9.17, 15) is 18.1 Å². The van der Waals surface area contributed by atoms with Crippen molar-refractivity contribution in [1.29, 1.82) is 0 Å². The number of sulfonamides is 1. The maximum atomic E-state index is 14.2. The Kier molecular flexibility index (Phi) is 9.87. The number of carbonyl (C=O) groups excluding carboxylic acids is 1. The van der Waals surface area contributed by atoms with Crippen LogP contribution in [-0.2, 0) is 10.0 Å². The van der Waals surface area contributed by atoms with Gasteiger partial charge in [-0.3, -0.25) is 19.5 Å². The highest BCUT2D eigenvalue weighted by atomic mass is 35.5. The number of nitrogens with one attached hydrogen (secondary N) is 3. The van der Waals surface area contributed by atoms with Crippen molar-refractivity contribution in [2.45, 2.75) is 56.9 Å². The largest absolute Gasteiger partial charge is 0.489 e. The van der Waals surface area contributed by atoms with Crippen LogP contribution in [0.15, 0.2) is 94.8 Å². The van der Waals surface area contributed by atoms with Crippen LogP contribution in [0.2, 0.25) is 5.02 Å². The van der Waals surface area contributed by atoms with Gasteiger partial charge in [0.1, 0.15) is 29.2 Å². The predicted octanol–water partition coefficient (Wildman–Crippen LogP) is 8.44. The second kappa shape index (κ2) is 15.3. The van der Waals surface area contributed by atoms with Gasteiger partial charge in [-0.15, -0.1) is 4.91 Å². The standard InChI is InChI=1S/C45H46ClN9O5S/c1-45(2)13-11-30(35(23-45)27-5-7-31(46)8-6-27)25-53-15-17-54(18-16-53)32-9-10-34(39(20-32)55-40-19-29-12-14-47-43(29)50-37(40)24-48-55)44(56)52-61(58,59)33-21-36(51-57)42-41(22-33)60-26-38(49-42)28-3-4-28/h5-10,12,14,19-22,24,28,38,48-49H,3-4,11,13,15-18,23,25-26H2,1-2H3,(H,52,56)/t38-/m1/s1. The van der Waals surface area contributed by atoms with Crippen LogP contribution < -0.4 is 19.7 Å². The minimum Gasteiger partial charge on any atom is -0.489 e. The molecular formula is C45H46ClN9O5S. The van der Waals surface area contributed by atoms with Gasteiger partial charge < -0.3 is 15.0 Å². The number of piperazine rings is 1. The summed E-state index contributed by atoms with van der Waals surface area (Å²) in [4.78, 5) is 39.7. The number of hydrogen-bond acceptors (Lipinski definition) is 11. The molecule has 1 atom stereocenters. The first-order chi connectivity index (χ1) is 29.4. The zero-order valence-electron chi connectivity index (χ0n) is 33.9. The molecule has 4 aliphatic rings. The Labute approximate surface area is 358 Å². The first-order valence-corrected chi connectivity index (χ1v) is 22.7. The fourth-order valence-corrected chi connectivity index (χ4v) is 10.2. The Hall–Kier alpha value is -5.77. The number of allylic oxidation sites excluding steroid dienone is 1. The van der Waals surface area contributed by atoms with Crippen LogP contribution in [0.4, 0.5) is 17.1 Å². The number of aromatic nitrogens is 4. The maximum absolute atomic E-state index is 14.2. The number of benzene rings is 3. The lowest BCUT2D eigenvalue weighted by Gasteiger charge is -2.39. The molecule has 314 valence electrons. The van der Waals surface area contributed by atoms with Crippen LogP contribution in [-0.4, -0.2) is 84.3 Å². The SMILES string of the molecule is CC1(C)CCC(CN2CCN(c3ccc(C(=O)NS(=O)(=O)c4cc(N=O)c5c(c4)OC[C@H](C4CC4)N5)c(-n4[nH]cc5nc6nccc6cc54)c3)CC2)=C(c2ccc(Cl)cc2)C1. The second-order valence-electron chi connectivity index (χ2n) is 17.5. The number of anilines is 2. The zero-order chi connectivity index (χ0) is 42.0. The lowest BCUT2D eigenvalue weighted by atomic mass is 9.72. The van der Waals surface area contributed by atoms with Crippen LogP contribution in [0.3, 0.4) is 0 Å². The number of pyridine rings is 1. The fourth-order valence-electron chi connectivity index (χ4n) is 9.06. The summed E-state index contributed by atoms with van der Waals surface area (Å²) in [5, 5.41) is 11.2. The minimum atomic E-state index is -4.49. The highest BCUT2D eigenvalue weighted by Gasteiger charge is 2.37. The number of fused-ring (bicyclic) bond motifs is 3. The average molecular weight is 860 g/mol. The lowest BCUT2D eigenvalue weighted by Crippen LogP contribution is -2.47. The highest BCUT2D eigenvalue weighted by Crippen LogP contribution is 2.45. The molecule has 61 heavy (non-hydrogen) atoms. The number of H-pyrrole nitrogens is 1. The molecule has 3 N–H and O–H groups in total. The normalized spacial score (nSPS) is 19.4. The summed E-state index contributed by atoms with van der Waals surface area (Å²) in [5.74, 6) is -0.217. The molecule has 2 aliphatic carbocycles. The van der Waals surface area contributed by atoms with E-state index in [1.165, 1.54) is 28.8 Å². The van der Waals surface area contributed by atoms with Crippen molar-refractivity contribution < 1.29 is 17.9 Å². The van der Waals surface area contributed by atoms with Crippen molar-refractivity contribution in [1.82, 2.24) is 29.4 Å². The van der Waals surface area contributed by atoms with Gasteiger partial charge in [0.15, 0.2) is 5.65 Å². The summed E-state index contributed by atoms with van der Waals surface area (Å²) in [5.41, 5.74) is 7.99. The number of halogens is 1. The Bertz CT molecular complexity index is 2860. The van der Waals surface area contributed by atoms with Gasteiger partial charge >= 0.3 is 0 Å². The monoisotopic (exact) mass is 859 g/mol. The second-order valence-corrected chi connectivity index (χ2v) is 19.6. The van der Waals surface area contributed by atoms with Crippen LogP contribution >= 0.6 is 11.6 Å². The van der Waals surface area contributed by atoms with Crippen molar-refractivity contribution in [3.05, 3.63) is 106 Å². The first kappa shape index (κ1) is 39.4. The van der Waals surface area contributed by atoms with Gasteiger partial charge in [-0.25, -0.2) is 23.1 Å². The molecule has 1 amide bonds. The molecule has 16 heteroatoms. The van der Waals surface area contributed by atoms with E-state index < -0.39 is 15.9 Å². The van der Waals surface area contributed by atoms with Crippen molar-refractivity contribution in [3.63, 3.8) is 0 Å². The smallest absolute Gasteiger partial charge is 0.267 e. The molecule has 3 aromatic heterocycles. The summed E-state index contributed by atoms with van der Waals surface area (Å²) >= 11 is 6.26. The third-order valence-corrected chi connectivity index (χ3v) is 14.3. The van der Waals surface area contributed by atoms with E-state index in [-0.39, 0.29) is 33.4 Å². The van der Waals surface area contributed by atoms with E-state index in [0.717, 1.165) is 80.9 Å². The quantitative estimate of drug-likeness (QED) is 0.114. The molecular weight excluding hydrogens is 814 g/mol. The molecule has 5 heterocycles. The molecule has 2 fully saturated rings. The zero-order valence-corrected chi connectivity index (χ0v) is 35.5. The Morgan fingerprint density at radius 2 is 1.84 bits per heavy atom. The topological polar surface area (TPSA) is 167 Å². The molecule has 10 rings (SSSR count). The van der Waals surface area contributed by atoms with E-state index >= 15 is 0 Å². The van der Waals surface area contributed by atoms with Gasteiger partial charge in [-0.1, -0.05) is 43.2 Å². The van der Waals surface area contributed by atoms with Gasteiger partial charge in [0.05, 0.1) is 27.7 Å². The van der Waals surface area contributed by atoms with Crippen molar-refractivity contribution in [2.24, 2.45) is 16.5 Å². The number of nitroso groups, excluding NO2 is 1. The van der Waals surface area contributed by atoms with Gasteiger partial charge in [-0.2, -0.15) is 0 Å². The average Bonchev–Trinajstić information content (AvgIpc) is 3.88. The van der Waals surface area contributed by atoms with E-state index in [1.807, 2.05) is 36.4 Å². The van der Waals surface area contributed by atoms with Crippen molar-refractivity contribution >= 4 is 72.2 Å². The fraction of sp³-hybridized carbons (Fsp3) is 0.356. The molecule has 0 bridgehead atoms. The number of amides is 1. The number of aromatic amines is 1. The summed E-state index contributed by atoms with van der Waals surface area (Å²) in [6, 6.07) is 20.0. The predicted molar refractivity (Wildman–Crippen MR) is 238 cm³/mol. The molecule has 2 aliphatic heterocycles. The Morgan fingerprint density at radius 1 is 1.03 bits per heavy atom. The van der Waals surface area contributed by atoms with Gasteiger partial charge in [0.25, 0.3) is 15.9 Å². The summed E-state index contributed by atoms with van der Waals surface area (Å²) in [6.07, 6.45) is 8.78. The van der Waals surface area contributed by atoms with Crippen LogP contribution in [0.1, 0.15) is 61.9 Å². The maximum Gasteiger partial charge on any atom is 0.267 e. The summed E-state index contributed by atoms with van der Waals surface area (Å²) in [6.45, 7) is 9.14. The van der Waals surface area contributed by atoms with Crippen molar-refractivity contribution in [2.75, 3.05) is 49.5 Å². The molecule has 6 aromatic rings. The van der Waals surface area contributed by atoms with Crippen molar-refractivity contribution in [3.8, 4) is 11.4 Å². The molecule has 1 saturated heterocycles. The highest BCUT2D eigenvalue weighted by molar-refractivity contribution is 7.90. The molecule has 3 aromatic carbocycles. The lowest BCUT2D eigenvalue weighted by molar-refractivity contribution is 0.0981. The number of rotatable bonds is 10. The molecule has 0 radical (unpaired) electrons.